The van der Waals surface area contributed by atoms with Crippen molar-refractivity contribution in [3.8, 4) is 11.5 Å². The maximum absolute atomic E-state index is 14.9. The Morgan fingerprint density at radius 1 is 1.05 bits per heavy atom. The lowest BCUT2D eigenvalue weighted by atomic mass is 10.1. The number of aliphatic hydroxyl groups excluding tert-OH is 1. The van der Waals surface area contributed by atoms with Gasteiger partial charge < -0.3 is 24.8 Å². The predicted molar refractivity (Wildman–Crippen MR) is 138 cm³/mol. The van der Waals surface area contributed by atoms with Crippen LogP contribution in [0.2, 0.25) is 0 Å². The Hall–Kier alpha value is -4.58. The summed E-state index contributed by atoms with van der Waals surface area (Å²) in [6, 6.07) is 12.7. The Morgan fingerprint density at radius 3 is 2.52 bits per heavy atom. The number of hydrogen-bond donors (Lipinski definition) is 3. The summed E-state index contributed by atoms with van der Waals surface area (Å²) in [4.78, 5) is 43.2. The molecule has 1 aliphatic carbocycles. The van der Waals surface area contributed by atoms with E-state index < -0.39 is 52.5 Å². The van der Waals surface area contributed by atoms with Crippen LogP contribution in [0.25, 0.3) is 0 Å². The zero-order valence-electron chi connectivity index (χ0n) is 21.2. The number of rotatable bonds is 8. The molecule has 208 valence electrons. The molecule has 1 atom stereocenters. The number of ether oxygens (including phenoxy) is 2. The standard InChI is InChI=1S/C28H26F2N4O6/c29-20-14-23(40-19-6-10-31-24(12-19)33-27(38)34-11-7-18(35)15-34)21(30)13-22(20)32-25(36)28(8-9-28)26(37)39-16-17-4-2-1-3-5-17/h1-6,10,12-14,18,35H,7-9,11,15-16H2,(H,32,36)(H,31,33,38)/t18-/m0/s1. The molecule has 3 N–H and O–H groups in total. The van der Waals surface area contributed by atoms with Crippen molar-refractivity contribution < 1.29 is 37.7 Å². The van der Waals surface area contributed by atoms with E-state index in [4.69, 9.17) is 9.47 Å². The number of nitrogens with one attached hydrogen (secondary N) is 2. The molecule has 0 unspecified atom stereocenters. The lowest BCUT2D eigenvalue weighted by molar-refractivity contribution is -0.154. The quantitative estimate of drug-likeness (QED) is 0.282. The number of benzene rings is 2. The van der Waals surface area contributed by atoms with Crippen LogP contribution < -0.4 is 15.4 Å². The summed E-state index contributed by atoms with van der Waals surface area (Å²) in [5.74, 6) is -3.74. The van der Waals surface area contributed by atoms with Crippen LogP contribution in [-0.4, -0.2) is 52.1 Å². The summed E-state index contributed by atoms with van der Waals surface area (Å²) in [6.07, 6.45) is 1.68. The minimum Gasteiger partial charge on any atom is -0.460 e. The van der Waals surface area contributed by atoms with Gasteiger partial charge >= 0.3 is 12.0 Å². The SMILES string of the molecule is O=C(Nc1cc(Oc2cc(F)c(NC(=O)C3(C(=O)OCc4ccccc4)CC3)cc2F)ccn1)N1CC[C@H](O)C1. The highest BCUT2D eigenvalue weighted by molar-refractivity contribution is 6.11. The van der Waals surface area contributed by atoms with Gasteiger partial charge in [-0.3, -0.25) is 14.9 Å². The van der Waals surface area contributed by atoms with Crippen molar-refractivity contribution in [3.05, 3.63) is 78.0 Å². The first-order chi connectivity index (χ1) is 19.2. The molecule has 3 aromatic rings. The summed E-state index contributed by atoms with van der Waals surface area (Å²) in [6.45, 7) is 0.587. The van der Waals surface area contributed by atoms with Crippen molar-refractivity contribution in [1.29, 1.82) is 0 Å². The maximum atomic E-state index is 14.9. The molecule has 12 heteroatoms. The fraction of sp³-hybridized carbons (Fsp3) is 0.286. The molecular formula is C28H26F2N4O6. The van der Waals surface area contributed by atoms with Gasteiger partial charge in [0.15, 0.2) is 17.4 Å². The molecule has 2 aromatic carbocycles. The number of aliphatic hydroxyl groups is 1. The van der Waals surface area contributed by atoms with E-state index in [1.165, 1.54) is 23.2 Å². The predicted octanol–water partition coefficient (Wildman–Crippen LogP) is 4.21. The van der Waals surface area contributed by atoms with Crippen molar-refractivity contribution in [1.82, 2.24) is 9.88 Å². The van der Waals surface area contributed by atoms with Gasteiger partial charge in [-0.05, 0) is 30.9 Å². The second kappa shape index (κ2) is 11.3. The van der Waals surface area contributed by atoms with E-state index in [0.717, 1.165) is 17.7 Å². The summed E-state index contributed by atoms with van der Waals surface area (Å²) in [5, 5.41) is 14.5. The Bertz CT molecular complexity index is 1430. The highest BCUT2D eigenvalue weighted by Crippen LogP contribution is 2.48. The van der Waals surface area contributed by atoms with Crippen molar-refractivity contribution in [2.24, 2.45) is 5.41 Å². The molecule has 1 aliphatic heterocycles. The molecule has 1 saturated heterocycles. The number of pyridine rings is 1. The van der Waals surface area contributed by atoms with Gasteiger partial charge in [-0.1, -0.05) is 30.3 Å². The first-order valence-electron chi connectivity index (χ1n) is 12.6. The number of esters is 1. The van der Waals surface area contributed by atoms with Crippen LogP contribution in [0.15, 0.2) is 60.8 Å². The van der Waals surface area contributed by atoms with Crippen molar-refractivity contribution >= 4 is 29.4 Å². The number of hydrogen-bond acceptors (Lipinski definition) is 7. The Labute approximate surface area is 227 Å². The van der Waals surface area contributed by atoms with Gasteiger partial charge in [-0.15, -0.1) is 0 Å². The van der Waals surface area contributed by atoms with Gasteiger partial charge in [-0.25, -0.2) is 18.6 Å². The molecule has 40 heavy (non-hydrogen) atoms. The Kier molecular flexibility index (Phi) is 7.60. The van der Waals surface area contributed by atoms with E-state index in [9.17, 15) is 28.3 Å². The normalized spacial score (nSPS) is 17.2. The lowest BCUT2D eigenvalue weighted by Crippen LogP contribution is -2.33. The van der Waals surface area contributed by atoms with E-state index in [-0.39, 0.29) is 37.6 Å². The van der Waals surface area contributed by atoms with Gasteiger partial charge in [0.1, 0.15) is 23.6 Å². The van der Waals surface area contributed by atoms with Gasteiger partial charge in [0.05, 0.1) is 11.8 Å². The largest absolute Gasteiger partial charge is 0.460 e. The molecule has 5 rings (SSSR count). The van der Waals surface area contributed by atoms with Crippen LogP contribution in [0, 0.1) is 17.0 Å². The van der Waals surface area contributed by atoms with Gasteiger partial charge in [0.25, 0.3) is 0 Å². The monoisotopic (exact) mass is 552 g/mol. The molecule has 0 radical (unpaired) electrons. The average Bonchev–Trinajstić information content (AvgIpc) is 3.65. The van der Waals surface area contributed by atoms with Crippen molar-refractivity contribution in [2.45, 2.75) is 32.0 Å². The molecule has 10 nitrogen and oxygen atoms in total. The van der Waals surface area contributed by atoms with Crippen LogP contribution in [0.3, 0.4) is 0 Å². The number of nitrogens with zero attached hydrogens (tertiary/aromatic N) is 2. The first kappa shape index (κ1) is 27.0. The average molecular weight is 553 g/mol. The fourth-order valence-electron chi connectivity index (χ4n) is 4.24. The maximum Gasteiger partial charge on any atom is 0.323 e. The molecule has 2 fully saturated rings. The molecular weight excluding hydrogens is 526 g/mol. The number of carbonyl (C=O) groups is 3. The van der Waals surface area contributed by atoms with E-state index >= 15 is 0 Å². The van der Waals surface area contributed by atoms with Gasteiger partial charge in [0, 0.05) is 37.5 Å². The van der Waals surface area contributed by atoms with Crippen LogP contribution in [0.4, 0.5) is 25.1 Å². The summed E-state index contributed by atoms with van der Waals surface area (Å²) in [7, 11) is 0. The molecule has 1 saturated carbocycles. The second-order valence-electron chi connectivity index (χ2n) is 9.66. The summed E-state index contributed by atoms with van der Waals surface area (Å²) >= 11 is 0. The van der Waals surface area contributed by atoms with Crippen LogP contribution in [0.1, 0.15) is 24.8 Å². The third kappa shape index (κ3) is 6.01. The lowest BCUT2D eigenvalue weighted by Gasteiger charge is -2.17. The second-order valence-corrected chi connectivity index (χ2v) is 9.66. The van der Waals surface area contributed by atoms with Crippen LogP contribution in [0.5, 0.6) is 11.5 Å². The van der Waals surface area contributed by atoms with Gasteiger partial charge in [-0.2, -0.15) is 0 Å². The zero-order valence-corrected chi connectivity index (χ0v) is 21.2. The minimum absolute atomic E-state index is 0.00842. The highest BCUT2D eigenvalue weighted by Gasteiger charge is 2.58. The van der Waals surface area contributed by atoms with Gasteiger partial charge in [0.2, 0.25) is 5.91 Å². The van der Waals surface area contributed by atoms with Crippen LogP contribution >= 0.6 is 0 Å². The van der Waals surface area contributed by atoms with Crippen molar-refractivity contribution in [3.63, 3.8) is 0 Å². The van der Waals surface area contributed by atoms with E-state index in [0.29, 0.717) is 13.0 Å². The first-order valence-corrected chi connectivity index (χ1v) is 12.6. The third-order valence-corrected chi connectivity index (χ3v) is 6.70. The van der Waals surface area contributed by atoms with E-state index in [1.807, 2.05) is 6.07 Å². The third-order valence-electron chi connectivity index (χ3n) is 6.70. The van der Waals surface area contributed by atoms with Crippen molar-refractivity contribution in [2.75, 3.05) is 23.7 Å². The molecule has 2 heterocycles. The smallest absolute Gasteiger partial charge is 0.323 e. The molecule has 2 aliphatic rings. The zero-order chi connectivity index (χ0) is 28.3. The number of urea groups is 1. The topological polar surface area (TPSA) is 130 Å². The highest BCUT2D eigenvalue weighted by atomic mass is 19.1. The number of β-amino-alcohol motifs (C(OH)–C–C–N with tert-alkyl or cyclic N) is 1. The fourth-order valence-corrected chi connectivity index (χ4v) is 4.24. The Balaban J connectivity index is 1.21. The molecule has 3 amide bonds. The number of carbonyl (C=O) groups excluding carboxylic acids is 3. The minimum atomic E-state index is -1.45. The number of amides is 3. The number of aromatic nitrogens is 1. The number of anilines is 2. The number of halogens is 2. The van der Waals surface area contributed by atoms with E-state index in [2.05, 4.69) is 15.6 Å². The van der Waals surface area contributed by atoms with Crippen LogP contribution in [-0.2, 0) is 20.9 Å². The van der Waals surface area contributed by atoms with E-state index in [1.54, 1.807) is 24.3 Å². The molecule has 0 spiro atoms. The molecule has 1 aromatic heterocycles. The summed E-state index contributed by atoms with van der Waals surface area (Å²) in [5.41, 5.74) is -1.14. The molecule has 0 bridgehead atoms. The Morgan fingerprint density at radius 2 is 1.82 bits per heavy atom. The number of likely N-dealkylation sites (tertiary alicyclic amines) is 1. The summed E-state index contributed by atoms with van der Waals surface area (Å²) < 4.78 is 40.4.